The molecule has 1 atom stereocenters. The average Bonchev–Trinajstić information content (AvgIpc) is 2.54. The first-order valence-corrected chi connectivity index (χ1v) is 7.71. The maximum absolute atomic E-state index is 13.4. The lowest BCUT2D eigenvalue weighted by atomic mass is 10.1. The van der Waals surface area contributed by atoms with Gasteiger partial charge in [0.25, 0.3) is 5.91 Å². The molecule has 0 radical (unpaired) electrons. The Labute approximate surface area is 148 Å². The summed E-state index contributed by atoms with van der Waals surface area (Å²) in [5, 5.41) is 2.70. The standard InChI is InChI=1S/C18H18F4N2O2/c1-24(2)16(13-4-3-5-14(19)10-13)11-23-17(25)12-6-8-15(9-7-12)26-18(20,21)22/h3-10,16H,11H2,1-2H3,(H,23,25). The van der Waals surface area contributed by atoms with Crippen molar-refractivity contribution in [3.63, 3.8) is 0 Å². The molecule has 4 nitrogen and oxygen atoms in total. The Kier molecular flexibility index (Phi) is 6.20. The van der Waals surface area contributed by atoms with E-state index in [1.807, 2.05) is 4.90 Å². The molecule has 8 heteroatoms. The van der Waals surface area contributed by atoms with E-state index in [1.54, 1.807) is 26.2 Å². The molecule has 2 rings (SSSR count). The molecule has 2 aromatic rings. The van der Waals surface area contributed by atoms with E-state index in [0.29, 0.717) is 5.56 Å². The number of benzene rings is 2. The number of hydrogen-bond donors (Lipinski definition) is 1. The third-order valence-electron chi connectivity index (χ3n) is 3.66. The fraction of sp³-hybridized carbons (Fsp3) is 0.278. The van der Waals surface area contributed by atoms with Crippen LogP contribution in [0.1, 0.15) is 22.0 Å². The summed E-state index contributed by atoms with van der Waals surface area (Å²) in [6.45, 7) is 0.204. The lowest BCUT2D eigenvalue weighted by molar-refractivity contribution is -0.274. The van der Waals surface area contributed by atoms with Crippen LogP contribution in [-0.2, 0) is 0 Å². The SMILES string of the molecule is CN(C)C(CNC(=O)c1ccc(OC(F)(F)F)cc1)c1cccc(F)c1. The molecule has 0 saturated heterocycles. The van der Waals surface area contributed by atoms with Crippen molar-refractivity contribution in [2.75, 3.05) is 20.6 Å². The molecule has 0 fully saturated rings. The second-order valence-electron chi connectivity index (χ2n) is 5.82. The summed E-state index contributed by atoms with van der Waals surface area (Å²) in [6.07, 6.45) is -4.78. The topological polar surface area (TPSA) is 41.6 Å². The highest BCUT2D eigenvalue weighted by atomic mass is 19.4. The van der Waals surface area contributed by atoms with Gasteiger partial charge >= 0.3 is 6.36 Å². The van der Waals surface area contributed by atoms with Crippen LogP contribution in [0.5, 0.6) is 5.75 Å². The third-order valence-corrected chi connectivity index (χ3v) is 3.66. The largest absolute Gasteiger partial charge is 0.573 e. The second kappa shape index (κ2) is 8.18. The van der Waals surface area contributed by atoms with Crippen LogP contribution in [0.2, 0.25) is 0 Å². The maximum Gasteiger partial charge on any atom is 0.573 e. The number of rotatable bonds is 6. The highest BCUT2D eigenvalue weighted by Gasteiger charge is 2.31. The highest BCUT2D eigenvalue weighted by molar-refractivity contribution is 5.94. The first kappa shape index (κ1) is 19.7. The monoisotopic (exact) mass is 370 g/mol. The summed E-state index contributed by atoms with van der Waals surface area (Å²) in [7, 11) is 3.59. The normalized spacial score (nSPS) is 12.7. The van der Waals surface area contributed by atoms with E-state index in [0.717, 1.165) is 12.1 Å². The van der Waals surface area contributed by atoms with Crippen LogP contribution in [0.25, 0.3) is 0 Å². The summed E-state index contributed by atoms with van der Waals surface area (Å²) in [5.41, 5.74) is 0.889. The molecule has 1 N–H and O–H groups in total. The lowest BCUT2D eigenvalue weighted by Gasteiger charge is -2.25. The maximum atomic E-state index is 13.4. The minimum atomic E-state index is -4.78. The molecule has 2 aromatic carbocycles. The number of carbonyl (C=O) groups excluding carboxylic acids is 1. The minimum absolute atomic E-state index is 0.191. The molecule has 0 aliphatic heterocycles. The van der Waals surface area contributed by atoms with Crippen LogP contribution < -0.4 is 10.1 Å². The number of ether oxygens (including phenoxy) is 1. The van der Waals surface area contributed by atoms with Gasteiger partial charge in [-0.2, -0.15) is 0 Å². The Bertz CT molecular complexity index is 746. The van der Waals surface area contributed by atoms with E-state index < -0.39 is 18.0 Å². The van der Waals surface area contributed by atoms with Crippen molar-refractivity contribution < 1.29 is 27.1 Å². The molecular weight excluding hydrogens is 352 g/mol. The minimum Gasteiger partial charge on any atom is -0.406 e. The van der Waals surface area contributed by atoms with Gasteiger partial charge in [0.1, 0.15) is 11.6 Å². The average molecular weight is 370 g/mol. The molecule has 1 amide bonds. The summed E-state index contributed by atoms with van der Waals surface area (Å²) in [5.74, 6) is -1.23. The quantitative estimate of drug-likeness (QED) is 0.788. The van der Waals surface area contributed by atoms with E-state index in [-0.39, 0.29) is 24.0 Å². The zero-order valence-electron chi connectivity index (χ0n) is 14.2. The fourth-order valence-corrected chi connectivity index (χ4v) is 2.41. The number of likely N-dealkylation sites (N-methyl/N-ethyl adjacent to an activating group) is 1. The van der Waals surface area contributed by atoms with E-state index in [9.17, 15) is 22.4 Å². The van der Waals surface area contributed by atoms with Crippen molar-refractivity contribution in [2.45, 2.75) is 12.4 Å². The van der Waals surface area contributed by atoms with Crippen molar-refractivity contribution >= 4 is 5.91 Å². The number of nitrogens with one attached hydrogen (secondary N) is 1. The van der Waals surface area contributed by atoms with Crippen molar-refractivity contribution in [3.05, 3.63) is 65.5 Å². The van der Waals surface area contributed by atoms with Gasteiger partial charge in [-0.05, 0) is 56.1 Å². The number of hydrogen-bond acceptors (Lipinski definition) is 3. The van der Waals surface area contributed by atoms with Gasteiger partial charge in [-0.25, -0.2) is 4.39 Å². The Morgan fingerprint density at radius 1 is 1.15 bits per heavy atom. The van der Waals surface area contributed by atoms with Crippen molar-refractivity contribution in [3.8, 4) is 5.75 Å². The zero-order chi connectivity index (χ0) is 19.3. The molecule has 0 aliphatic rings. The Hall–Kier alpha value is -2.61. The number of nitrogens with zero attached hydrogens (tertiary/aromatic N) is 1. The third kappa shape index (κ3) is 5.73. The molecule has 0 spiro atoms. The van der Waals surface area contributed by atoms with Crippen molar-refractivity contribution in [2.24, 2.45) is 0 Å². The molecule has 0 aliphatic carbocycles. The van der Waals surface area contributed by atoms with Gasteiger partial charge in [0, 0.05) is 12.1 Å². The second-order valence-corrected chi connectivity index (χ2v) is 5.82. The van der Waals surface area contributed by atoms with E-state index >= 15 is 0 Å². The summed E-state index contributed by atoms with van der Waals surface area (Å²) >= 11 is 0. The first-order valence-electron chi connectivity index (χ1n) is 7.71. The number of alkyl halides is 3. The van der Waals surface area contributed by atoms with Gasteiger partial charge in [0.05, 0.1) is 6.04 Å². The van der Waals surface area contributed by atoms with Crippen LogP contribution >= 0.6 is 0 Å². The number of carbonyl (C=O) groups is 1. The van der Waals surface area contributed by atoms with Crippen LogP contribution in [0.15, 0.2) is 48.5 Å². The molecule has 0 bridgehead atoms. The van der Waals surface area contributed by atoms with Gasteiger partial charge in [0.15, 0.2) is 0 Å². The summed E-state index contributed by atoms with van der Waals surface area (Å²) in [6, 6.07) is 10.4. The summed E-state index contributed by atoms with van der Waals surface area (Å²) < 4.78 is 53.6. The van der Waals surface area contributed by atoms with Crippen molar-refractivity contribution in [1.82, 2.24) is 10.2 Å². The van der Waals surface area contributed by atoms with Gasteiger partial charge in [-0.3, -0.25) is 4.79 Å². The van der Waals surface area contributed by atoms with Crippen molar-refractivity contribution in [1.29, 1.82) is 0 Å². The molecule has 1 unspecified atom stereocenters. The molecule has 0 aromatic heterocycles. The van der Waals surface area contributed by atoms with E-state index in [2.05, 4.69) is 10.1 Å². The number of halogens is 4. The van der Waals surface area contributed by atoms with Crippen LogP contribution in [-0.4, -0.2) is 37.8 Å². The zero-order valence-corrected chi connectivity index (χ0v) is 14.2. The molecule has 26 heavy (non-hydrogen) atoms. The van der Waals surface area contributed by atoms with Crippen LogP contribution in [0.4, 0.5) is 17.6 Å². The molecule has 0 saturated carbocycles. The fourth-order valence-electron chi connectivity index (χ4n) is 2.41. The molecule has 0 heterocycles. The predicted octanol–water partition coefficient (Wildman–Crippen LogP) is 3.76. The summed E-state index contributed by atoms with van der Waals surface area (Å²) in [4.78, 5) is 14.0. The van der Waals surface area contributed by atoms with Gasteiger partial charge in [0.2, 0.25) is 0 Å². The van der Waals surface area contributed by atoms with Crippen LogP contribution in [0, 0.1) is 5.82 Å². The highest BCUT2D eigenvalue weighted by Crippen LogP contribution is 2.23. The first-order chi connectivity index (χ1) is 12.2. The van der Waals surface area contributed by atoms with Gasteiger partial charge < -0.3 is 15.0 Å². The Morgan fingerprint density at radius 3 is 2.35 bits per heavy atom. The molecule has 140 valence electrons. The Morgan fingerprint density at radius 2 is 1.81 bits per heavy atom. The van der Waals surface area contributed by atoms with Crippen LogP contribution in [0.3, 0.4) is 0 Å². The number of amides is 1. The lowest BCUT2D eigenvalue weighted by Crippen LogP contribution is -2.34. The predicted molar refractivity (Wildman–Crippen MR) is 88.3 cm³/mol. The molecular formula is C18H18F4N2O2. The van der Waals surface area contributed by atoms with E-state index in [4.69, 9.17) is 0 Å². The smallest absolute Gasteiger partial charge is 0.406 e. The van der Waals surface area contributed by atoms with Gasteiger partial charge in [-0.1, -0.05) is 12.1 Å². The van der Waals surface area contributed by atoms with E-state index in [1.165, 1.54) is 24.3 Å². The van der Waals surface area contributed by atoms with Gasteiger partial charge in [-0.15, -0.1) is 13.2 Å². The Balaban J connectivity index is 2.02.